The SMILES string of the molecule is CC(C)NC(=O)CCNCc1ccc(N2CCCC2)cc1. The van der Waals surface area contributed by atoms with Crippen LogP contribution in [0.3, 0.4) is 0 Å². The minimum absolute atomic E-state index is 0.113. The number of anilines is 1. The summed E-state index contributed by atoms with van der Waals surface area (Å²) in [4.78, 5) is 13.9. The summed E-state index contributed by atoms with van der Waals surface area (Å²) in [6.45, 7) is 7.85. The Morgan fingerprint density at radius 2 is 1.86 bits per heavy atom. The zero-order chi connectivity index (χ0) is 15.1. The zero-order valence-corrected chi connectivity index (χ0v) is 13.2. The molecule has 1 aromatic carbocycles. The van der Waals surface area contributed by atoms with Gasteiger partial charge in [0.2, 0.25) is 5.91 Å². The summed E-state index contributed by atoms with van der Waals surface area (Å²) in [6.07, 6.45) is 3.15. The smallest absolute Gasteiger partial charge is 0.221 e. The molecule has 4 heteroatoms. The molecule has 0 unspecified atom stereocenters. The minimum Gasteiger partial charge on any atom is -0.372 e. The molecule has 0 saturated carbocycles. The van der Waals surface area contributed by atoms with Crippen LogP contribution in [0.1, 0.15) is 38.7 Å². The fourth-order valence-electron chi connectivity index (χ4n) is 2.63. The van der Waals surface area contributed by atoms with Crippen molar-refractivity contribution in [3.8, 4) is 0 Å². The maximum Gasteiger partial charge on any atom is 0.221 e. The Hall–Kier alpha value is -1.55. The second kappa shape index (κ2) is 8.03. The van der Waals surface area contributed by atoms with Crippen molar-refractivity contribution in [3.05, 3.63) is 29.8 Å². The van der Waals surface area contributed by atoms with Gasteiger partial charge in [-0.2, -0.15) is 0 Å². The van der Waals surface area contributed by atoms with E-state index in [-0.39, 0.29) is 11.9 Å². The first-order valence-electron chi connectivity index (χ1n) is 7.99. The summed E-state index contributed by atoms with van der Waals surface area (Å²) < 4.78 is 0. The molecular formula is C17H27N3O. The Morgan fingerprint density at radius 3 is 2.48 bits per heavy atom. The number of carbonyl (C=O) groups is 1. The average molecular weight is 289 g/mol. The number of hydrogen-bond acceptors (Lipinski definition) is 3. The van der Waals surface area contributed by atoms with Crippen molar-refractivity contribution in [1.29, 1.82) is 0 Å². The van der Waals surface area contributed by atoms with E-state index in [0.717, 1.165) is 6.54 Å². The summed E-state index contributed by atoms with van der Waals surface area (Å²) in [5.74, 6) is 0.113. The van der Waals surface area contributed by atoms with Crippen LogP contribution >= 0.6 is 0 Å². The van der Waals surface area contributed by atoms with Gasteiger partial charge in [-0.1, -0.05) is 12.1 Å². The molecule has 1 heterocycles. The van der Waals surface area contributed by atoms with Crippen LogP contribution in [0.15, 0.2) is 24.3 Å². The van der Waals surface area contributed by atoms with Gasteiger partial charge in [-0.25, -0.2) is 0 Å². The highest BCUT2D eigenvalue weighted by Crippen LogP contribution is 2.20. The van der Waals surface area contributed by atoms with Crippen LogP contribution in [0.2, 0.25) is 0 Å². The number of benzene rings is 1. The van der Waals surface area contributed by atoms with Crippen LogP contribution in [0.5, 0.6) is 0 Å². The lowest BCUT2D eigenvalue weighted by Gasteiger charge is -2.17. The Balaban J connectivity index is 1.68. The Labute approximate surface area is 127 Å². The van der Waals surface area contributed by atoms with Gasteiger partial charge in [0, 0.05) is 44.3 Å². The van der Waals surface area contributed by atoms with Gasteiger partial charge in [-0.05, 0) is 44.4 Å². The van der Waals surface area contributed by atoms with Gasteiger partial charge in [-0.3, -0.25) is 4.79 Å². The van der Waals surface area contributed by atoms with E-state index in [1.807, 2.05) is 13.8 Å². The molecule has 1 saturated heterocycles. The topological polar surface area (TPSA) is 44.4 Å². The maximum atomic E-state index is 11.5. The molecule has 0 atom stereocenters. The molecule has 0 aromatic heterocycles. The number of nitrogens with one attached hydrogen (secondary N) is 2. The fourth-order valence-corrected chi connectivity index (χ4v) is 2.63. The third kappa shape index (κ3) is 5.38. The van der Waals surface area contributed by atoms with E-state index in [1.165, 1.54) is 37.2 Å². The highest BCUT2D eigenvalue weighted by Gasteiger charge is 2.11. The molecule has 1 fully saturated rings. The van der Waals surface area contributed by atoms with E-state index in [0.29, 0.717) is 13.0 Å². The lowest BCUT2D eigenvalue weighted by Crippen LogP contribution is -2.32. The van der Waals surface area contributed by atoms with Crippen molar-refractivity contribution in [2.45, 2.75) is 45.7 Å². The first-order valence-corrected chi connectivity index (χ1v) is 7.99. The highest BCUT2D eigenvalue weighted by molar-refractivity contribution is 5.76. The summed E-state index contributed by atoms with van der Waals surface area (Å²) in [5, 5.41) is 6.22. The van der Waals surface area contributed by atoms with Crippen LogP contribution in [0, 0.1) is 0 Å². The lowest BCUT2D eigenvalue weighted by atomic mass is 10.2. The number of nitrogens with zero attached hydrogens (tertiary/aromatic N) is 1. The maximum absolute atomic E-state index is 11.5. The molecule has 1 amide bonds. The Bertz CT molecular complexity index is 436. The average Bonchev–Trinajstić information content (AvgIpc) is 2.98. The summed E-state index contributed by atoms with van der Waals surface area (Å²) in [6, 6.07) is 8.97. The van der Waals surface area contributed by atoms with Gasteiger partial charge in [0.25, 0.3) is 0 Å². The molecule has 0 spiro atoms. The number of carbonyl (C=O) groups excluding carboxylic acids is 1. The van der Waals surface area contributed by atoms with E-state index < -0.39 is 0 Å². The van der Waals surface area contributed by atoms with Crippen molar-refractivity contribution < 1.29 is 4.79 Å². The second-order valence-electron chi connectivity index (χ2n) is 6.01. The number of hydrogen-bond donors (Lipinski definition) is 2. The summed E-state index contributed by atoms with van der Waals surface area (Å²) in [5.41, 5.74) is 2.59. The van der Waals surface area contributed by atoms with E-state index in [1.54, 1.807) is 0 Å². The Kier molecular flexibility index (Phi) is 6.05. The van der Waals surface area contributed by atoms with Crippen molar-refractivity contribution >= 4 is 11.6 Å². The predicted molar refractivity (Wildman–Crippen MR) is 87.5 cm³/mol. The number of amides is 1. The molecule has 2 N–H and O–H groups in total. The molecule has 1 aromatic rings. The molecule has 1 aliphatic heterocycles. The quantitative estimate of drug-likeness (QED) is 0.757. The molecular weight excluding hydrogens is 262 g/mol. The van der Waals surface area contributed by atoms with Crippen molar-refractivity contribution in [2.75, 3.05) is 24.5 Å². The Morgan fingerprint density at radius 1 is 1.19 bits per heavy atom. The highest BCUT2D eigenvalue weighted by atomic mass is 16.1. The van der Waals surface area contributed by atoms with Gasteiger partial charge in [0.15, 0.2) is 0 Å². The molecule has 0 radical (unpaired) electrons. The van der Waals surface area contributed by atoms with Crippen molar-refractivity contribution in [2.24, 2.45) is 0 Å². The van der Waals surface area contributed by atoms with Gasteiger partial charge < -0.3 is 15.5 Å². The molecule has 0 bridgehead atoms. The first kappa shape index (κ1) is 15.8. The normalized spacial score (nSPS) is 14.7. The van der Waals surface area contributed by atoms with Crippen LogP contribution < -0.4 is 15.5 Å². The van der Waals surface area contributed by atoms with Gasteiger partial charge in [-0.15, -0.1) is 0 Å². The van der Waals surface area contributed by atoms with Crippen LogP contribution in [-0.4, -0.2) is 31.6 Å². The van der Waals surface area contributed by atoms with E-state index in [2.05, 4.69) is 39.8 Å². The zero-order valence-electron chi connectivity index (χ0n) is 13.2. The molecule has 0 aliphatic carbocycles. The van der Waals surface area contributed by atoms with Crippen LogP contribution in [0.25, 0.3) is 0 Å². The van der Waals surface area contributed by atoms with Gasteiger partial charge in [0.1, 0.15) is 0 Å². The summed E-state index contributed by atoms with van der Waals surface area (Å²) in [7, 11) is 0. The lowest BCUT2D eigenvalue weighted by molar-refractivity contribution is -0.121. The standard InChI is InChI=1S/C17H27N3O/c1-14(2)19-17(21)9-10-18-13-15-5-7-16(8-6-15)20-11-3-4-12-20/h5-8,14,18H,3-4,9-13H2,1-2H3,(H,19,21). The van der Waals surface area contributed by atoms with E-state index in [4.69, 9.17) is 0 Å². The first-order chi connectivity index (χ1) is 10.1. The van der Waals surface area contributed by atoms with Crippen molar-refractivity contribution in [3.63, 3.8) is 0 Å². The third-order valence-electron chi connectivity index (χ3n) is 3.72. The predicted octanol–water partition coefficient (Wildman–Crippen LogP) is 2.29. The van der Waals surface area contributed by atoms with Crippen LogP contribution in [-0.2, 0) is 11.3 Å². The van der Waals surface area contributed by atoms with Crippen LogP contribution in [0.4, 0.5) is 5.69 Å². The van der Waals surface area contributed by atoms with E-state index >= 15 is 0 Å². The molecule has 116 valence electrons. The number of rotatable bonds is 7. The fraction of sp³-hybridized carbons (Fsp3) is 0.588. The molecule has 21 heavy (non-hydrogen) atoms. The third-order valence-corrected chi connectivity index (χ3v) is 3.72. The van der Waals surface area contributed by atoms with Crippen molar-refractivity contribution in [1.82, 2.24) is 10.6 Å². The largest absolute Gasteiger partial charge is 0.372 e. The second-order valence-corrected chi connectivity index (χ2v) is 6.01. The minimum atomic E-state index is 0.113. The molecule has 2 rings (SSSR count). The monoisotopic (exact) mass is 289 g/mol. The van der Waals surface area contributed by atoms with Gasteiger partial charge in [0.05, 0.1) is 0 Å². The van der Waals surface area contributed by atoms with E-state index in [9.17, 15) is 4.79 Å². The molecule has 4 nitrogen and oxygen atoms in total. The summed E-state index contributed by atoms with van der Waals surface area (Å²) >= 11 is 0. The van der Waals surface area contributed by atoms with Gasteiger partial charge >= 0.3 is 0 Å². The molecule has 1 aliphatic rings.